The molecule has 0 saturated carbocycles. The molecule has 1 atom stereocenters. The first-order chi connectivity index (χ1) is 17.1. The van der Waals surface area contributed by atoms with E-state index in [1.807, 2.05) is 19.1 Å². The molecule has 0 spiro atoms. The minimum Gasteiger partial charge on any atom is -0.490 e. The van der Waals surface area contributed by atoms with Gasteiger partial charge in [-0.15, -0.1) is 0 Å². The predicted octanol–water partition coefficient (Wildman–Crippen LogP) is 5.42. The molecule has 2 aromatic carbocycles. The van der Waals surface area contributed by atoms with E-state index in [0.717, 1.165) is 31.5 Å². The van der Waals surface area contributed by atoms with E-state index in [0.29, 0.717) is 40.9 Å². The Morgan fingerprint density at radius 3 is 2.69 bits per heavy atom. The second-order valence-corrected chi connectivity index (χ2v) is 8.76. The molecule has 1 saturated heterocycles. The zero-order chi connectivity index (χ0) is 24.6. The second-order valence-electron chi connectivity index (χ2n) is 8.35. The summed E-state index contributed by atoms with van der Waals surface area (Å²) in [5.41, 5.74) is 1.78. The SMILES string of the molecule is CCOc1cc(C(=O)NCC(c2c(F)cccc2Cl)N2CCCC2)ccc1OCc1cccnc1. The van der Waals surface area contributed by atoms with Crippen molar-refractivity contribution in [3.63, 3.8) is 0 Å². The molecular formula is C27H29ClFN3O3. The van der Waals surface area contributed by atoms with Crippen LogP contribution >= 0.6 is 11.6 Å². The van der Waals surface area contributed by atoms with E-state index in [-0.39, 0.29) is 24.3 Å². The Balaban J connectivity index is 1.48. The summed E-state index contributed by atoms with van der Waals surface area (Å²) >= 11 is 6.37. The van der Waals surface area contributed by atoms with Gasteiger partial charge in [-0.1, -0.05) is 23.7 Å². The third-order valence-electron chi connectivity index (χ3n) is 5.99. The molecule has 1 amide bonds. The second kappa shape index (κ2) is 12.0. The Labute approximate surface area is 210 Å². The Morgan fingerprint density at radius 1 is 1.14 bits per heavy atom. The van der Waals surface area contributed by atoms with Crippen LogP contribution in [-0.2, 0) is 6.61 Å². The molecule has 184 valence electrons. The number of ether oxygens (including phenoxy) is 2. The third-order valence-corrected chi connectivity index (χ3v) is 6.32. The minimum absolute atomic E-state index is 0.239. The summed E-state index contributed by atoms with van der Waals surface area (Å²) in [6, 6.07) is 13.2. The van der Waals surface area contributed by atoms with E-state index < -0.39 is 0 Å². The lowest BCUT2D eigenvalue weighted by molar-refractivity contribution is 0.0936. The van der Waals surface area contributed by atoms with Crippen LogP contribution in [0.2, 0.25) is 5.02 Å². The van der Waals surface area contributed by atoms with Crippen LogP contribution in [0.1, 0.15) is 47.3 Å². The van der Waals surface area contributed by atoms with Crippen molar-refractivity contribution in [2.24, 2.45) is 0 Å². The zero-order valence-corrected chi connectivity index (χ0v) is 20.4. The van der Waals surface area contributed by atoms with Gasteiger partial charge in [0.2, 0.25) is 0 Å². The van der Waals surface area contributed by atoms with Crippen LogP contribution in [0.5, 0.6) is 11.5 Å². The first-order valence-electron chi connectivity index (χ1n) is 11.8. The Hall–Kier alpha value is -3.16. The van der Waals surface area contributed by atoms with E-state index in [9.17, 15) is 9.18 Å². The van der Waals surface area contributed by atoms with Crippen LogP contribution in [0.3, 0.4) is 0 Å². The Kier molecular flexibility index (Phi) is 8.55. The third kappa shape index (κ3) is 6.29. The molecule has 8 heteroatoms. The first kappa shape index (κ1) is 24.9. The van der Waals surface area contributed by atoms with Gasteiger partial charge in [0, 0.05) is 40.7 Å². The van der Waals surface area contributed by atoms with Crippen molar-refractivity contribution < 1.29 is 18.7 Å². The zero-order valence-electron chi connectivity index (χ0n) is 19.7. The van der Waals surface area contributed by atoms with Gasteiger partial charge in [-0.05, 0) is 69.3 Å². The fraction of sp³-hybridized carbons (Fsp3) is 0.333. The normalized spacial score (nSPS) is 14.5. The number of likely N-dealkylation sites (tertiary alicyclic amines) is 1. The average Bonchev–Trinajstić information content (AvgIpc) is 3.40. The fourth-order valence-electron chi connectivity index (χ4n) is 4.27. The number of nitrogens with one attached hydrogen (secondary N) is 1. The van der Waals surface area contributed by atoms with Crippen molar-refractivity contribution in [1.29, 1.82) is 0 Å². The van der Waals surface area contributed by atoms with Crippen molar-refractivity contribution in [2.45, 2.75) is 32.4 Å². The molecule has 0 bridgehead atoms. The molecule has 1 aliphatic rings. The van der Waals surface area contributed by atoms with Crippen LogP contribution in [0.4, 0.5) is 4.39 Å². The van der Waals surface area contributed by atoms with Gasteiger partial charge in [-0.2, -0.15) is 0 Å². The maximum absolute atomic E-state index is 14.7. The number of benzene rings is 2. The number of rotatable bonds is 10. The summed E-state index contributed by atoms with van der Waals surface area (Å²) in [6.45, 7) is 4.54. The van der Waals surface area contributed by atoms with E-state index >= 15 is 0 Å². The summed E-state index contributed by atoms with van der Waals surface area (Å²) in [4.78, 5) is 19.3. The summed E-state index contributed by atoms with van der Waals surface area (Å²) in [5, 5.41) is 3.33. The van der Waals surface area contributed by atoms with E-state index in [4.69, 9.17) is 21.1 Å². The van der Waals surface area contributed by atoms with Crippen molar-refractivity contribution in [3.05, 3.63) is 88.5 Å². The maximum atomic E-state index is 14.7. The summed E-state index contributed by atoms with van der Waals surface area (Å²) in [7, 11) is 0. The number of nitrogens with zero attached hydrogens (tertiary/aromatic N) is 2. The molecule has 3 aromatic rings. The van der Waals surface area contributed by atoms with Crippen molar-refractivity contribution in [1.82, 2.24) is 15.2 Å². The number of carbonyl (C=O) groups is 1. The summed E-state index contributed by atoms with van der Waals surface area (Å²) in [6.07, 6.45) is 5.52. The molecule has 6 nitrogen and oxygen atoms in total. The highest BCUT2D eigenvalue weighted by Crippen LogP contribution is 2.33. The number of carbonyl (C=O) groups excluding carboxylic acids is 1. The van der Waals surface area contributed by atoms with Crippen molar-refractivity contribution >= 4 is 17.5 Å². The lowest BCUT2D eigenvalue weighted by Crippen LogP contribution is -2.37. The van der Waals surface area contributed by atoms with Gasteiger partial charge >= 0.3 is 0 Å². The Bertz CT molecular complexity index is 1120. The van der Waals surface area contributed by atoms with E-state index in [1.165, 1.54) is 6.07 Å². The fourth-order valence-corrected chi connectivity index (χ4v) is 4.56. The monoisotopic (exact) mass is 497 g/mol. The Morgan fingerprint density at radius 2 is 1.97 bits per heavy atom. The van der Waals surface area contributed by atoms with Gasteiger partial charge in [0.15, 0.2) is 11.5 Å². The number of hydrogen-bond donors (Lipinski definition) is 1. The van der Waals surface area contributed by atoms with Crippen LogP contribution in [0.15, 0.2) is 60.9 Å². The number of hydrogen-bond acceptors (Lipinski definition) is 5. The average molecular weight is 498 g/mol. The van der Waals surface area contributed by atoms with Gasteiger partial charge in [-0.3, -0.25) is 14.7 Å². The molecule has 35 heavy (non-hydrogen) atoms. The predicted molar refractivity (Wildman–Crippen MR) is 133 cm³/mol. The van der Waals surface area contributed by atoms with Gasteiger partial charge in [0.25, 0.3) is 5.91 Å². The highest BCUT2D eigenvalue weighted by Gasteiger charge is 2.28. The number of halogens is 2. The van der Waals surface area contributed by atoms with Crippen LogP contribution < -0.4 is 14.8 Å². The smallest absolute Gasteiger partial charge is 0.251 e. The summed E-state index contributed by atoms with van der Waals surface area (Å²) < 4.78 is 26.3. The van der Waals surface area contributed by atoms with Gasteiger partial charge < -0.3 is 14.8 Å². The molecule has 1 fully saturated rings. The summed E-state index contributed by atoms with van der Waals surface area (Å²) in [5.74, 6) is 0.386. The maximum Gasteiger partial charge on any atom is 0.251 e. The molecule has 4 rings (SSSR count). The molecule has 1 aliphatic heterocycles. The first-order valence-corrected chi connectivity index (χ1v) is 12.2. The minimum atomic E-state index is -0.364. The van der Waals surface area contributed by atoms with Crippen molar-refractivity contribution in [2.75, 3.05) is 26.2 Å². The highest BCUT2D eigenvalue weighted by atomic mass is 35.5. The van der Waals surface area contributed by atoms with Crippen LogP contribution in [0.25, 0.3) is 0 Å². The number of pyridine rings is 1. The van der Waals surface area contributed by atoms with E-state index in [2.05, 4.69) is 15.2 Å². The topological polar surface area (TPSA) is 63.7 Å². The lowest BCUT2D eigenvalue weighted by atomic mass is 10.0. The lowest BCUT2D eigenvalue weighted by Gasteiger charge is -2.29. The molecule has 1 N–H and O–H groups in total. The van der Waals surface area contributed by atoms with Crippen LogP contribution in [0, 0.1) is 5.82 Å². The standard InChI is InChI=1S/C27H29ClFN3O3/c1-2-34-25-15-20(10-11-24(25)35-18-19-7-6-12-30-16-19)27(33)31-17-23(32-13-3-4-14-32)26-21(28)8-5-9-22(26)29/h5-12,15-16,23H,2-4,13-14,17-18H2,1H3,(H,31,33). The molecule has 2 heterocycles. The molecule has 0 radical (unpaired) electrons. The quantitative estimate of drug-likeness (QED) is 0.405. The van der Waals surface area contributed by atoms with E-state index in [1.54, 1.807) is 42.7 Å². The largest absolute Gasteiger partial charge is 0.490 e. The number of amides is 1. The molecule has 1 unspecified atom stereocenters. The van der Waals surface area contributed by atoms with Gasteiger partial charge in [-0.25, -0.2) is 4.39 Å². The van der Waals surface area contributed by atoms with Gasteiger partial charge in [0.05, 0.1) is 12.6 Å². The van der Waals surface area contributed by atoms with Crippen molar-refractivity contribution in [3.8, 4) is 11.5 Å². The van der Waals surface area contributed by atoms with Gasteiger partial charge in [0.1, 0.15) is 12.4 Å². The highest BCUT2D eigenvalue weighted by molar-refractivity contribution is 6.31. The molecule has 1 aromatic heterocycles. The number of aromatic nitrogens is 1. The molecule has 0 aliphatic carbocycles. The molecular weight excluding hydrogens is 469 g/mol. The van der Waals surface area contributed by atoms with Crippen LogP contribution in [-0.4, -0.2) is 42.0 Å².